The van der Waals surface area contributed by atoms with E-state index < -0.39 is 0 Å². The standard InChI is InChI=1S/C19H20Cl2N2O/c1-13-9-10-14-5-2-3-8-17(14)23(13)12-11-18(24)22-19-15(20)6-4-7-16(19)21/h2-8,13H,9-12H2,1H3,(H,22,24). The molecule has 1 atom stereocenters. The van der Waals surface area contributed by atoms with Gasteiger partial charge >= 0.3 is 0 Å². The van der Waals surface area contributed by atoms with Crippen molar-refractivity contribution < 1.29 is 4.79 Å². The Morgan fingerprint density at radius 2 is 1.88 bits per heavy atom. The first kappa shape index (κ1) is 17.1. The number of nitrogens with zero attached hydrogens (tertiary/aromatic N) is 1. The van der Waals surface area contributed by atoms with Crippen LogP contribution in [0.1, 0.15) is 25.3 Å². The lowest BCUT2D eigenvalue weighted by atomic mass is 9.96. The molecule has 0 saturated heterocycles. The summed E-state index contributed by atoms with van der Waals surface area (Å²) in [5.41, 5.74) is 3.07. The van der Waals surface area contributed by atoms with Crippen LogP contribution in [0.2, 0.25) is 10.0 Å². The van der Waals surface area contributed by atoms with Crippen LogP contribution in [-0.4, -0.2) is 18.5 Å². The van der Waals surface area contributed by atoms with Gasteiger partial charge in [0.25, 0.3) is 0 Å². The van der Waals surface area contributed by atoms with Gasteiger partial charge in [0.15, 0.2) is 0 Å². The van der Waals surface area contributed by atoms with Crippen molar-refractivity contribution in [3.8, 4) is 0 Å². The van der Waals surface area contributed by atoms with Crippen LogP contribution in [0.3, 0.4) is 0 Å². The van der Waals surface area contributed by atoms with E-state index in [9.17, 15) is 4.79 Å². The molecule has 3 rings (SSSR count). The third-order valence-corrected chi connectivity index (χ3v) is 5.10. The van der Waals surface area contributed by atoms with Crippen molar-refractivity contribution >= 4 is 40.5 Å². The number of halogens is 2. The minimum atomic E-state index is -0.0831. The van der Waals surface area contributed by atoms with Gasteiger partial charge in [-0.25, -0.2) is 0 Å². The molecule has 0 spiro atoms. The number of fused-ring (bicyclic) bond motifs is 1. The number of para-hydroxylation sites is 2. The van der Waals surface area contributed by atoms with Crippen molar-refractivity contribution in [2.45, 2.75) is 32.2 Å². The van der Waals surface area contributed by atoms with E-state index in [1.54, 1.807) is 18.2 Å². The molecule has 3 nitrogen and oxygen atoms in total. The number of carbonyl (C=O) groups excluding carboxylic acids is 1. The Bertz CT molecular complexity index is 728. The monoisotopic (exact) mass is 362 g/mol. The Labute approximate surface area is 152 Å². The highest BCUT2D eigenvalue weighted by Crippen LogP contribution is 2.31. The zero-order valence-electron chi connectivity index (χ0n) is 13.6. The number of nitrogens with one attached hydrogen (secondary N) is 1. The Morgan fingerprint density at radius 3 is 2.62 bits per heavy atom. The third-order valence-electron chi connectivity index (χ3n) is 4.47. The van der Waals surface area contributed by atoms with Gasteiger partial charge in [-0.2, -0.15) is 0 Å². The fourth-order valence-corrected chi connectivity index (χ4v) is 3.63. The number of carbonyl (C=O) groups is 1. The van der Waals surface area contributed by atoms with Gasteiger partial charge in [0.1, 0.15) is 0 Å². The van der Waals surface area contributed by atoms with Crippen LogP contribution >= 0.6 is 23.2 Å². The van der Waals surface area contributed by atoms with Crippen molar-refractivity contribution in [3.63, 3.8) is 0 Å². The third kappa shape index (κ3) is 3.68. The van der Waals surface area contributed by atoms with Crippen molar-refractivity contribution in [1.82, 2.24) is 0 Å². The van der Waals surface area contributed by atoms with E-state index in [1.807, 2.05) is 6.07 Å². The van der Waals surface area contributed by atoms with Crippen molar-refractivity contribution in [3.05, 3.63) is 58.1 Å². The van der Waals surface area contributed by atoms with Crippen LogP contribution in [0, 0.1) is 0 Å². The average molecular weight is 363 g/mol. The van der Waals surface area contributed by atoms with E-state index in [4.69, 9.17) is 23.2 Å². The minimum Gasteiger partial charge on any atom is -0.368 e. The smallest absolute Gasteiger partial charge is 0.226 e. The lowest BCUT2D eigenvalue weighted by Gasteiger charge is -2.37. The van der Waals surface area contributed by atoms with Gasteiger partial charge in [0, 0.05) is 24.7 Å². The number of aryl methyl sites for hydroxylation is 1. The van der Waals surface area contributed by atoms with Gasteiger partial charge in [0.05, 0.1) is 15.7 Å². The zero-order chi connectivity index (χ0) is 17.1. The topological polar surface area (TPSA) is 32.3 Å². The van der Waals surface area contributed by atoms with Crippen LogP contribution in [0.25, 0.3) is 0 Å². The number of hydrogen-bond acceptors (Lipinski definition) is 2. The highest BCUT2D eigenvalue weighted by atomic mass is 35.5. The number of hydrogen-bond donors (Lipinski definition) is 1. The molecule has 0 radical (unpaired) electrons. The summed E-state index contributed by atoms with van der Waals surface area (Å²) in [6.45, 7) is 2.88. The molecule has 1 aliphatic rings. The summed E-state index contributed by atoms with van der Waals surface area (Å²) in [6.07, 6.45) is 2.59. The molecule has 126 valence electrons. The number of anilines is 2. The summed E-state index contributed by atoms with van der Waals surface area (Å²) in [7, 11) is 0. The maximum absolute atomic E-state index is 12.3. The van der Waals surface area contributed by atoms with Gasteiger partial charge in [-0.1, -0.05) is 47.5 Å². The van der Waals surface area contributed by atoms with E-state index in [0.29, 0.717) is 34.7 Å². The molecule has 1 unspecified atom stereocenters. The number of benzene rings is 2. The maximum atomic E-state index is 12.3. The van der Waals surface area contributed by atoms with Crippen molar-refractivity contribution in [2.24, 2.45) is 0 Å². The molecule has 2 aromatic rings. The second-order valence-electron chi connectivity index (χ2n) is 6.10. The molecule has 0 aromatic heterocycles. The number of rotatable bonds is 4. The molecule has 0 bridgehead atoms. The molecule has 1 aliphatic heterocycles. The average Bonchev–Trinajstić information content (AvgIpc) is 2.57. The summed E-state index contributed by atoms with van der Waals surface area (Å²) in [5, 5.41) is 3.73. The largest absolute Gasteiger partial charge is 0.368 e. The van der Waals surface area contributed by atoms with Crippen LogP contribution in [0.4, 0.5) is 11.4 Å². The molecular weight excluding hydrogens is 343 g/mol. The summed E-state index contributed by atoms with van der Waals surface area (Å²) in [6, 6.07) is 14.0. The van der Waals surface area contributed by atoms with Crippen LogP contribution in [0.15, 0.2) is 42.5 Å². The first-order valence-electron chi connectivity index (χ1n) is 8.14. The summed E-state index contributed by atoms with van der Waals surface area (Å²) in [5.74, 6) is -0.0831. The highest BCUT2D eigenvalue weighted by Gasteiger charge is 2.23. The first-order valence-corrected chi connectivity index (χ1v) is 8.90. The van der Waals surface area contributed by atoms with Gasteiger partial charge < -0.3 is 10.2 Å². The quantitative estimate of drug-likeness (QED) is 0.814. The van der Waals surface area contributed by atoms with Gasteiger partial charge in [-0.15, -0.1) is 0 Å². The first-order chi connectivity index (χ1) is 11.6. The molecule has 5 heteroatoms. The molecule has 2 aromatic carbocycles. The molecule has 0 aliphatic carbocycles. The Morgan fingerprint density at radius 1 is 1.17 bits per heavy atom. The second kappa shape index (κ2) is 7.45. The molecule has 1 heterocycles. The molecule has 1 N–H and O–H groups in total. The molecule has 24 heavy (non-hydrogen) atoms. The van der Waals surface area contributed by atoms with Gasteiger partial charge in [-0.05, 0) is 43.5 Å². The van der Waals surface area contributed by atoms with Crippen LogP contribution in [-0.2, 0) is 11.2 Å². The molecule has 0 saturated carbocycles. The molecular formula is C19H20Cl2N2O. The van der Waals surface area contributed by atoms with E-state index in [-0.39, 0.29) is 5.91 Å². The Hall–Kier alpha value is -1.71. The van der Waals surface area contributed by atoms with Crippen molar-refractivity contribution in [2.75, 3.05) is 16.8 Å². The van der Waals surface area contributed by atoms with Gasteiger partial charge in [-0.3, -0.25) is 4.79 Å². The Kier molecular flexibility index (Phi) is 5.32. The zero-order valence-corrected chi connectivity index (χ0v) is 15.1. The molecule has 1 amide bonds. The predicted octanol–water partition coefficient (Wildman–Crippen LogP) is 5.16. The lowest BCUT2D eigenvalue weighted by Crippen LogP contribution is -2.39. The van der Waals surface area contributed by atoms with Crippen LogP contribution < -0.4 is 10.2 Å². The minimum absolute atomic E-state index is 0.0831. The fourth-order valence-electron chi connectivity index (χ4n) is 3.14. The van der Waals surface area contributed by atoms with Crippen molar-refractivity contribution in [1.29, 1.82) is 0 Å². The van der Waals surface area contributed by atoms with E-state index >= 15 is 0 Å². The Balaban J connectivity index is 1.66. The number of amides is 1. The lowest BCUT2D eigenvalue weighted by molar-refractivity contribution is -0.116. The summed E-state index contributed by atoms with van der Waals surface area (Å²) >= 11 is 12.2. The second-order valence-corrected chi connectivity index (χ2v) is 6.92. The highest BCUT2D eigenvalue weighted by molar-refractivity contribution is 6.39. The SMILES string of the molecule is CC1CCc2ccccc2N1CCC(=O)Nc1c(Cl)cccc1Cl. The van der Waals surface area contributed by atoms with E-state index in [2.05, 4.69) is 35.3 Å². The van der Waals surface area contributed by atoms with E-state index in [0.717, 1.165) is 12.8 Å². The molecule has 0 fully saturated rings. The maximum Gasteiger partial charge on any atom is 0.226 e. The van der Waals surface area contributed by atoms with Gasteiger partial charge in [0.2, 0.25) is 5.91 Å². The summed E-state index contributed by atoms with van der Waals surface area (Å²) in [4.78, 5) is 14.6. The van der Waals surface area contributed by atoms with Crippen LogP contribution in [0.5, 0.6) is 0 Å². The summed E-state index contributed by atoms with van der Waals surface area (Å²) < 4.78 is 0. The normalized spacial score (nSPS) is 16.6. The predicted molar refractivity (Wildman–Crippen MR) is 101 cm³/mol. The fraction of sp³-hybridized carbons (Fsp3) is 0.316. The van der Waals surface area contributed by atoms with E-state index in [1.165, 1.54) is 11.3 Å².